The molecule has 0 aliphatic rings. The Labute approximate surface area is 134 Å². The summed E-state index contributed by atoms with van der Waals surface area (Å²) >= 11 is 0. The zero-order valence-electron chi connectivity index (χ0n) is 12.4. The molecule has 0 N–H and O–H groups in total. The van der Waals surface area contributed by atoms with Crippen LogP contribution in [0, 0.1) is 5.82 Å². The average molecular weight is 306 g/mol. The van der Waals surface area contributed by atoms with Crippen LogP contribution in [-0.4, -0.2) is 5.78 Å². The fourth-order valence-corrected chi connectivity index (χ4v) is 2.28. The third-order valence-corrected chi connectivity index (χ3v) is 3.42. The fraction of sp³-hybridized carbons (Fsp3) is 0.0500. The van der Waals surface area contributed by atoms with Gasteiger partial charge in [0, 0.05) is 6.42 Å². The predicted octanol–water partition coefficient (Wildman–Crippen LogP) is 5.04. The molecule has 0 spiro atoms. The zero-order valence-corrected chi connectivity index (χ0v) is 12.4. The standard InChI is InChI=1S/C20H15FO2/c21-19-12-11-17(23-16-9-5-2-6-10-16)14-18(19)20(22)13-15-7-3-1-4-8-15/h1-12,14H,13H2. The Balaban J connectivity index is 1.81. The Hall–Kier alpha value is -2.94. The summed E-state index contributed by atoms with van der Waals surface area (Å²) < 4.78 is 19.6. The number of benzene rings is 3. The first-order valence-electron chi connectivity index (χ1n) is 7.32. The van der Waals surface area contributed by atoms with Crippen LogP contribution in [0.3, 0.4) is 0 Å². The third kappa shape index (κ3) is 3.83. The lowest BCUT2D eigenvalue weighted by atomic mass is 10.0. The van der Waals surface area contributed by atoms with E-state index in [1.54, 1.807) is 12.1 Å². The molecule has 0 saturated carbocycles. The summed E-state index contributed by atoms with van der Waals surface area (Å²) in [6, 6.07) is 22.7. The maximum atomic E-state index is 14.0. The second-order valence-corrected chi connectivity index (χ2v) is 5.14. The Morgan fingerprint density at radius 2 is 1.48 bits per heavy atom. The van der Waals surface area contributed by atoms with Crippen LogP contribution in [0.2, 0.25) is 0 Å². The smallest absolute Gasteiger partial charge is 0.170 e. The molecule has 2 nitrogen and oxygen atoms in total. The van der Waals surface area contributed by atoms with Crippen molar-refractivity contribution in [2.45, 2.75) is 6.42 Å². The molecule has 3 rings (SSSR count). The van der Waals surface area contributed by atoms with E-state index < -0.39 is 5.82 Å². The molecule has 0 fully saturated rings. The maximum absolute atomic E-state index is 14.0. The van der Waals surface area contributed by atoms with E-state index in [-0.39, 0.29) is 17.8 Å². The van der Waals surface area contributed by atoms with E-state index in [1.165, 1.54) is 18.2 Å². The lowest BCUT2D eigenvalue weighted by Crippen LogP contribution is -2.06. The highest BCUT2D eigenvalue weighted by Gasteiger charge is 2.14. The van der Waals surface area contributed by atoms with Crippen LogP contribution in [0.25, 0.3) is 0 Å². The number of hydrogen-bond donors (Lipinski definition) is 0. The molecule has 114 valence electrons. The average Bonchev–Trinajstić information content (AvgIpc) is 2.58. The molecule has 0 heterocycles. The van der Waals surface area contributed by atoms with Crippen LogP contribution < -0.4 is 4.74 Å². The number of ether oxygens (including phenoxy) is 1. The van der Waals surface area contributed by atoms with Gasteiger partial charge in [0.25, 0.3) is 0 Å². The van der Waals surface area contributed by atoms with Crippen molar-refractivity contribution in [2.75, 3.05) is 0 Å². The second-order valence-electron chi connectivity index (χ2n) is 5.14. The summed E-state index contributed by atoms with van der Waals surface area (Å²) in [6.45, 7) is 0. The number of ketones is 1. The van der Waals surface area contributed by atoms with Crippen LogP contribution in [-0.2, 0) is 6.42 Å². The van der Waals surface area contributed by atoms with Gasteiger partial charge < -0.3 is 4.74 Å². The van der Waals surface area contributed by atoms with E-state index in [4.69, 9.17) is 4.74 Å². The molecule has 0 atom stereocenters. The minimum absolute atomic E-state index is 0.0438. The van der Waals surface area contributed by atoms with Crippen molar-refractivity contribution >= 4 is 5.78 Å². The van der Waals surface area contributed by atoms with E-state index in [0.29, 0.717) is 11.5 Å². The molecule has 23 heavy (non-hydrogen) atoms. The van der Waals surface area contributed by atoms with E-state index in [1.807, 2.05) is 48.5 Å². The highest BCUT2D eigenvalue weighted by molar-refractivity contribution is 5.98. The number of hydrogen-bond acceptors (Lipinski definition) is 2. The molecule has 0 aliphatic heterocycles. The summed E-state index contributed by atoms with van der Waals surface area (Å²) in [7, 11) is 0. The third-order valence-electron chi connectivity index (χ3n) is 3.42. The number of halogens is 1. The van der Waals surface area contributed by atoms with Gasteiger partial charge in [0.1, 0.15) is 17.3 Å². The Kier molecular flexibility index (Phi) is 4.48. The van der Waals surface area contributed by atoms with Gasteiger partial charge in [-0.15, -0.1) is 0 Å². The first-order valence-corrected chi connectivity index (χ1v) is 7.32. The van der Waals surface area contributed by atoms with Crippen molar-refractivity contribution in [3.8, 4) is 11.5 Å². The lowest BCUT2D eigenvalue weighted by molar-refractivity contribution is 0.0989. The molecule has 3 aromatic rings. The number of rotatable bonds is 5. The molecule has 0 saturated heterocycles. The van der Waals surface area contributed by atoms with Gasteiger partial charge in [-0.3, -0.25) is 4.79 Å². The predicted molar refractivity (Wildman–Crippen MR) is 87.4 cm³/mol. The van der Waals surface area contributed by atoms with E-state index in [2.05, 4.69) is 0 Å². The van der Waals surface area contributed by atoms with Crippen molar-refractivity contribution in [3.63, 3.8) is 0 Å². The minimum atomic E-state index is -0.536. The van der Waals surface area contributed by atoms with Crippen LogP contribution in [0.4, 0.5) is 4.39 Å². The Bertz CT molecular complexity index is 798. The van der Waals surface area contributed by atoms with Crippen LogP contribution in [0.1, 0.15) is 15.9 Å². The van der Waals surface area contributed by atoms with Gasteiger partial charge in [0.05, 0.1) is 5.56 Å². The number of carbonyl (C=O) groups excluding carboxylic acids is 1. The number of Topliss-reactive ketones (excluding diaryl/α,β-unsaturated/α-hetero) is 1. The van der Waals surface area contributed by atoms with Gasteiger partial charge in [-0.2, -0.15) is 0 Å². The molecule has 0 unspecified atom stereocenters. The van der Waals surface area contributed by atoms with Gasteiger partial charge in [0.15, 0.2) is 5.78 Å². The van der Waals surface area contributed by atoms with E-state index in [9.17, 15) is 9.18 Å². The van der Waals surface area contributed by atoms with Crippen LogP contribution >= 0.6 is 0 Å². The highest BCUT2D eigenvalue weighted by Crippen LogP contribution is 2.24. The minimum Gasteiger partial charge on any atom is -0.457 e. The fourth-order valence-electron chi connectivity index (χ4n) is 2.28. The lowest BCUT2D eigenvalue weighted by Gasteiger charge is -2.08. The molecule has 0 aromatic heterocycles. The monoisotopic (exact) mass is 306 g/mol. The summed E-state index contributed by atoms with van der Waals surface area (Å²) in [6.07, 6.45) is 0.159. The van der Waals surface area contributed by atoms with Gasteiger partial charge in [-0.1, -0.05) is 48.5 Å². The number of para-hydroxylation sites is 1. The summed E-state index contributed by atoms with van der Waals surface area (Å²) in [4.78, 5) is 12.3. The molecular weight excluding hydrogens is 291 g/mol. The van der Waals surface area contributed by atoms with Crippen molar-refractivity contribution in [3.05, 3.63) is 95.8 Å². The van der Waals surface area contributed by atoms with Gasteiger partial charge in [-0.05, 0) is 35.9 Å². The largest absolute Gasteiger partial charge is 0.457 e. The SMILES string of the molecule is O=C(Cc1ccccc1)c1cc(Oc2ccccc2)ccc1F. The summed E-state index contributed by atoms with van der Waals surface area (Å²) in [5.41, 5.74) is 0.897. The first kappa shape index (κ1) is 15.0. The van der Waals surface area contributed by atoms with Gasteiger partial charge >= 0.3 is 0 Å². The first-order chi connectivity index (χ1) is 11.2. The van der Waals surface area contributed by atoms with Gasteiger partial charge in [0.2, 0.25) is 0 Å². The van der Waals surface area contributed by atoms with Crippen molar-refractivity contribution < 1.29 is 13.9 Å². The van der Waals surface area contributed by atoms with Crippen molar-refractivity contribution in [2.24, 2.45) is 0 Å². The quantitative estimate of drug-likeness (QED) is 0.617. The van der Waals surface area contributed by atoms with E-state index >= 15 is 0 Å². The Morgan fingerprint density at radius 1 is 0.826 bits per heavy atom. The van der Waals surface area contributed by atoms with Crippen molar-refractivity contribution in [1.29, 1.82) is 0 Å². The Morgan fingerprint density at radius 3 is 2.17 bits per heavy atom. The second kappa shape index (κ2) is 6.88. The van der Waals surface area contributed by atoms with Crippen LogP contribution in [0.15, 0.2) is 78.9 Å². The highest BCUT2D eigenvalue weighted by atomic mass is 19.1. The van der Waals surface area contributed by atoms with E-state index in [0.717, 1.165) is 5.56 Å². The zero-order chi connectivity index (χ0) is 16.1. The number of carbonyl (C=O) groups is 1. The topological polar surface area (TPSA) is 26.3 Å². The van der Waals surface area contributed by atoms with Gasteiger partial charge in [-0.25, -0.2) is 4.39 Å². The molecule has 3 heteroatoms. The normalized spacial score (nSPS) is 10.3. The molecule has 0 aliphatic carbocycles. The molecule has 0 radical (unpaired) electrons. The summed E-state index contributed by atoms with van der Waals surface area (Å²) in [5, 5.41) is 0. The van der Waals surface area contributed by atoms with Crippen LogP contribution in [0.5, 0.6) is 11.5 Å². The van der Waals surface area contributed by atoms with Crippen molar-refractivity contribution in [1.82, 2.24) is 0 Å². The summed E-state index contributed by atoms with van der Waals surface area (Å²) in [5.74, 6) is 0.271. The maximum Gasteiger partial charge on any atom is 0.170 e. The molecule has 0 amide bonds. The molecular formula is C20H15FO2. The molecule has 0 bridgehead atoms. The molecule has 3 aromatic carbocycles.